The fourth-order valence-electron chi connectivity index (χ4n) is 5.31. The van der Waals surface area contributed by atoms with Gasteiger partial charge in [-0.25, -0.2) is 18.4 Å². The molecule has 43 heavy (non-hydrogen) atoms. The lowest BCUT2D eigenvalue weighted by molar-refractivity contribution is -0.140. The molecule has 5 aromatic rings. The second-order valence-electron chi connectivity index (χ2n) is 10.3. The van der Waals surface area contributed by atoms with Crippen molar-refractivity contribution in [3.8, 4) is 17.0 Å². The van der Waals surface area contributed by atoms with Gasteiger partial charge in [-0.2, -0.15) is 23.3 Å². The molecule has 0 radical (unpaired) electrons. The maximum Gasteiger partial charge on any atom is 0.419 e. The first-order valence-electron chi connectivity index (χ1n) is 13.7. The zero-order chi connectivity index (χ0) is 30.1. The third-order valence-corrected chi connectivity index (χ3v) is 7.44. The number of fused-ring (bicyclic) bond motifs is 1. The molecule has 1 fully saturated rings. The van der Waals surface area contributed by atoms with Gasteiger partial charge in [-0.3, -0.25) is 0 Å². The van der Waals surface area contributed by atoms with Crippen molar-refractivity contribution in [2.75, 3.05) is 24.5 Å². The molecule has 0 unspecified atom stereocenters. The first kappa shape index (κ1) is 28.5. The van der Waals surface area contributed by atoms with E-state index < -0.39 is 34.7 Å². The topological polar surface area (TPSA) is 68.1 Å². The van der Waals surface area contributed by atoms with Gasteiger partial charge in [0.2, 0.25) is 5.95 Å². The number of hydrogen-bond donors (Lipinski definition) is 1. The lowest BCUT2D eigenvalue weighted by Crippen LogP contribution is -2.53. The second-order valence-corrected chi connectivity index (χ2v) is 10.3. The Balaban J connectivity index is 1.39. The Bertz CT molecular complexity index is 1740. The quantitative estimate of drug-likeness (QED) is 0.236. The largest absolute Gasteiger partial charge is 0.483 e. The Hall–Kier alpha value is -4.58. The predicted molar refractivity (Wildman–Crippen MR) is 152 cm³/mol. The molecule has 12 heteroatoms. The van der Waals surface area contributed by atoms with Gasteiger partial charge >= 0.3 is 6.18 Å². The molecule has 1 atom stereocenters. The third-order valence-electron chi connectivity index (χ3n) is 7.44. The molecule has 2 aromatic heterocycles. The van der Waals surface area contributed by atoms with Gasteiger partial charge in [0.25, 0.3) is 0 Å². The van der Waals surface area contributed by atoms with E-state index in [-0.39, 0.29) is 23.7 Å². The first-order valence-corrected chi connectivity index (χ1v) is 13.7. The van der Waals surface area contributed by atoms with Gasteiger partial charge in [0, 0.05) is 44.5 Å². The van der Waals surface area contributed by atoms with Crippen LogP contribution in [-0.4, -0.2) is 45.4 Å². The number of nitrogens with zero attached hydrogens (tertiary/aromatic N) is 5. The molecule has 1 N–H and O–H groups in total. The van der Waals surface area contributed by atoms with Gasteiger partial charge in [0.1, 0.15) is 12.3 Å². The minimum absolute atomic E-state index is 0.0505. The van der Waals surface area contributed by atoms with Crippen molar-refractivity contribution in [2.24, 2.45) is 7.05 Å². The Kier molecular flexibility index (Phi) is 7.70. The van der Waals surface area contributed by atoms with Gasteiger partial charge in [-0.1, -0.05) is 60.7 Å². The second kappa shape index (κ2) is 11.6. The molecule has 1 saturated heterocycles. The van der Waals surface area contributed by atoms with Crippen LogP contribution in [0.15, 0.2) is 72.9 Å². The Morgan fingerprint density at radius 1 is 0.977 bits per heavy atom. The third kappa shape index (κ3) is 5.74. The van der Waals surface area contributed by atoms with Crippen LogP contribution in [0.1, 0.15) is 16.7 Å². The van der Waals surface area contributed by atoms with Crippen LogP contribution in [0.3, 0.4) is 0 Å². The molecule has 0 saturated carbocycles. The molecule has 7 nitrogen and oxygen atoms in total. The van der Waals surface area contributed by atoms with Crippen LogP contribution in [0.25, 0.3) is 22.3 Å². The Labute approximate surface area is 243 Å². The molecule has 0 aliphatic carbocycles. The summed E-state index contributed by atoms with van der Waals surface area (Å²) in [6.45, 7) is 1.73. The average molecular weight is 595 g/mol. The predicted octanol–water partition coefficient (Wildman–Crippen LogP) is 5.93. The molecule has 0 amide bonds. The summed E-state index contributed by atoms with van der Waals surface area (Å²) < 4.78 is 79.3. The van der Waals surface area contributed by atoms with Crippen molar-refractivity contribution in [1.82, 2.24) is 25.1 Å². The van der Waals surface area contributed by atoms with E-state index >= 15 is 8.78 Å². The SMILES string of the molecule is Cn1nc(-c2cc(C(F)(F)F)c(F)c(OCc3ccccc3)c2F)c2cnc(N3CCNC[C@H]3Cc3ccccc3)nc21. The molecule has 3 aromatic carbocycles. The first-order chi connectivity index (χ1) is 20.7. The average Bonchev–Trinajstić information content (AvgIpc) is 3.33. The zero-order valence-electron chi connectivity index (χ0n) is 23.1. The van der Waals surface area contributed by atoms with E-state index in [2.05, 4.69) is 32.4 Å². The van der Waals surface area contributed by atoms with E-state index in [9.17, 15) is 13.2 Å². The number of piperazine rings is 1. The summed E-state index contributed by atoms with van der Waals surface area (Å²) in [5, 5.41) is 7.91. The van der Waals surface area contributed by atoms with Gasteiger partial charge in [0.15, 0.2) is 23.0 Å². The monoisotopic (exact) mass is 594 g/mol. The van der Waals surface area contributed by atoms with Crippen LogP contribution >= 0.6 is 0 Å². The molecular formula is C31H27F5N6O. The summed E-state index contributed by atoms with van der Waals surface area (Å²) in [4.78, 5) is 11.3. The highest BCUT2D eigenvalue weighted by atomic mass is 19.4. The summed E-state index contributed by atoms with van der Waals surface area (Å²) in [7, 11) is 1.56. The van der Waals surface area contributed by atoms with Crippen LogP contribution in [0.2, 0.25) is 0 Å². The number of alkyl halides is 3. The minimum Gasteiger partial charge on any atom is -0.483 e. The van der Waals surface area contributed by atoms with Crippen LogP contribution in [0.5, 0.6) is 5.75 Å². The lowest BCUT2D eigenvalue weighted by atomic mass is 10.0. The molecule has 0 bridgehead atoms. The number of hydrogen-bond acceptors (Lipinski definition) is 6. The number of benzene rings is 3. The van der Waals surface area contributed by atoms with Crippen molar-refractivity contribution >= 4 is 17.0 Å². The fraction of sp³-hybridized carbons (Fsp3) is 0.258. The normalized spacial score (nSPS) is 15.7. The molecule has 0 spiro atoms. The van der Waals surface area contributed by atoms with Crippen molar-refractivity contribution in [3.05, 3.63) is 101 Å². The maximum atomic E-state index is 15.8. The Morgan fingerprint density at radius 2 is 1.67 bits per heavy atom. The van der Waals surface area contributed by atoms with Gasteiger partial charge in [-0.05, 0) is 23.6 Å². The lowest BCUT2D eigenvalue weighted by Gasteiger charge is -2.36. The van der Waals surface area contributed by atoms with E-state index in [1.807, 2.05) is 18.2 Å². The molecule has 1 aliphatic heterocycles. The van der Waals surface area contributed by atoms with Crippen molar-refractivity contribution < 1.29 is 26.7 Å². The number of rotatable bonds is 7. The van der Waals surface area contributed by atoms with E-state index in [1.165, 1.54) is 10.9 Å². The Morgan fingerprint density at radius 3 is 2.37 bits per heavy atom. The van der Waals surface area contributed by atoms with Gasteiger partial charge < -0.3 is 15.0 Å². The summed E-state index contributed by atoms with van der Waals surface area (Å²) in [6, 6.07) is 18.8. The minimum atomic E-state index is -5.11. The van der Waals surface area contributed by atoms with Gasteiger partial charge in [0.05, 0.1) is 10.9 Å². The number of aromatic nitrogens is 4. The van der Waals surface area contributed by atoms with Gasteiger partial charge in [-0.15, -0.1) is 0 Å². The number of anilines is 1. The highest BCUT2D eigenvalue weighted by molar-refractivity contribution is 5.91. The van der Waals surface area contributed by atoms with E-state index in [1.54, 1.807) is 37.4 Å². The molecular weight excluding hydrogens is 567 g/mol. The van der Waals surface area contributed by atoms with E-state index in [0.717, 1.165) is 18.5 Å². The molecule has 6 rings (SSSR count). The van der Waals surface area contributed by atoms with E-state index in [0.29, 0.717) is 36.3 Å². The van der Waals surface area contributed by atoms with Crippen LogP contribution in [0.4, 0.5) is 27.9 Å². The standard InChI is InChI=1S/C31H27F5N6O/c1-41-29-23(17-38-30(39-29)42-13-12-37-16-21(42)14-19-8-4-2-5-9-19)27(40-41)22-15-24(31(34,35)36)26(33)28(25(22)32)43-18-20-10-6-3-7-11-20/h2-11,15,17,21,37H,12-14,16,18H2,1H3/t21-/m1/s1. The summed E-state index contributed by atoms with van der Waals surface area (Å²) in [6.07, 6.45) is -2.94. The number of aryl methyl sites for hydroxylation is 1. The van der Waals surface area contributed by atoms with Crippen molar-refractivity contribution in [3.63, 3.8) is 0 Å². The van der Waals surface area contributed by atoms with Crippen molar-refractivity contribution in [1.29, 1.82) is 0 Å². The summed E-state index contributed by atoms with van der Waals surface area (Å²) >= 11 is 0. The fourth-order valence-corrected chi connectivity index (χ4v) is 5.31. The maximum absolute atomic E-state index is 15.8. The van der Waals surface area contributed by atoms with Crippen molar-refractivity contribution in [2.45, 2.75) is 25.2 Å². The van der Waals surface area contributed by atoms with Crippen LogP contribution < -0.4 is 15.0 Å². The van der Waals surface area contributed by atoms with Crippen LogP contribution in [-0.2, 0) is 26.3 Å². The molecule has 1 aliphatic rings. The number of nitrogens with one attached hydrogen (secondary N) is 1. The highest BCUT2D eigenvalue weighted by Crippen LogP contribution is 2.42. The smallest absolute Gasteiger partial charge is 0.419 e. The molecule has 3 heterocycles. The van der Waals surface area contributed by atoms with E-state index in [4.69, 9.17) is 9.72 Å². The summed E-state index contributed by atoms with van der Waals surface area (Å²) in [5.74, 6) is -3.83. The molecule has 222 valence electrons. The number of halogens is 5. The highest BCUT2D eigenvalue weighted by Gasteiger charge is 2.39. The zero-order valence-corrected chi connectivity index (χ0v) is 23.1. The summed E-state index contributed by atoms with van der Waals surface area (Å²) in [5.41, 5.74) is -0.403. The van der Waals surface area contributed by atoms with Crippen LogP contribution in [0, 0.1) is 11.6 Å². The number of ether oxygens (including phenoxy) is 1.